The molecule has 0 aromatic rings. The van der Waals surface area contributed by atoms with Gasteiger partial charge in [0.2, 0.25) is 0 Å². The van der Waals surface area contributed by atoms with Gasteiger partial charge in [-0.15, -0.1) is 0 Å². The summed E-state index contributed by atoms with van der Waals surface area (Å²) in [7, 11) is -1.77. The van der Waals surface area contributed by atoms with Crippen LogP contribution in [0.3, 0.4) is 0 Å². The molecule has 0 amide bonds. The van der Waals surface area contributed by atoms with E-state index >= 15 is 0 Å². The molecule has 2 fully saturated rings. The van der Waals surface area contributed by atoms with Crippen molar-refractivity contribution in [2.45, 2.75) is 89.8 Å². The molecule has 1 heterocycles. The van der Waals surface area contributed by atoms with Crippen molar-refractivity contribution < 1.29 is 19.0 Å². The van der Waals surface area contributed by atoms with Crippen LogP contribution in [-0.4, -0.2) is 45.6 Å². The summed E-state index contributed by atoms with van der Waals surface area (Å²) in [5.74, 6) is 1.56. The fourth-order valence-corrected chi connectivity index (χ4v) is 5.66. The number of rotatable bonds is 6. The van der Waals surface area contributed by atoms with Crippen LogP contribution in [0.4, 0.5) is 0 Å². The summed E-state index contributed by atoms with van der Waals surface area (Å²) in [6.07, 6.45) is 9.06. The fourth-order valence-electron chi connectivity index (χ4n) is 4.62. The van der Waals surface area contributed by atoms with E-state index in [2.05, 4.69) is 39.9 Å². The Balaban J connectivity index is 1.70. The minimum Gasteiger partial charge on any atom is -0.416 e. The van der Waals surface area contributed by atoms with Crippen molar-refractivity contribution in [3.63, 3.8) is 0 Å². The van der Waals surface area contributed by atoms with Crippen LogP contribution in [0.25, 0.3) is 0 Å². The van der Waals surface area contributed by atoms with Crippen molar-refractivity contribution in [2.24, 2.45) is 17.8 Å². The van der Waals surface area contributed by atoms with Gasteiger partial charge in [-0.05, 0) is 74.1 Å². The van der Waals surface area contributed by atoms with Crippen molar-refractivity contribution in [3.05, 3.63) is 11.6 Å². The molecule has 5 heteroatoms. The van der Waals surface area contributed by atoms with Crippen LogP contribution in [0.2, 0.25) is 18.1 Å². The molecule has 27 heavy (non-hydrogen) atoms. The molecule has 3 aliphatic rings. The largest absolute Gasteiger partial charge is 0.416 e. The summed E-state index contributed by atoms with van der Waals surface area (Å²) in [4.78, 5) is 0. The van der Waals surface area contributed by atoms with E-state index in [-0.39, 0.29) is 24.0 Å². The molecule has 1 saturated carbocycles. The van der Waals surface area contributed by atoms with E-state index in [4.69, 9.17) is 13.9 Å². The summed E-state index contributed by atoms with van der Waals surface area (Å²) in [6, 6.07) is 0. The summed E-state index contributed by atoms with van der Waals surface area (Å²) >= 11 is 0. The zero-order valence-electron chi connectivity index (χ0n) is 18.0. The third-order valence-electron chi connectivity index (χ3n) is 7.44. The Morgan fingerprint density at radius 2 is 2.00 bits per heavy atom. The molecule has 1 aliphatic heterocycles. The van der Waals surface area contributed by atoms with Crippen LogP contribution in [0.1, 0.15) is 59.3 Å². The third-order valence-corrected chi connectivity index (χ3v) is 11.9. The average molecular weight is 397 g/mol. The number of aliphatic hydroxyl groups is 1. The summed E-state index contributed by atoms with van der Waals surface area (Å²) in [5.41, 5.74) is 1.20. The molecule has 4 nitrogen and oxygen atoms in total. The lowest BCUT2D eigenvalue weighted by atomic mass is 9.79. The topological polar surface area (TPSA) is 47.9 Å². The second-order valence-corrected chi connectivity index (χ2v) is 15.1. The van der Waals surface area contributed by atoms with Crippen LogP contribution < -0.4 is 0 Å². The first kappa shape index (κ1) is 21.5. The van der Waals surface area contributed by atoms with Gasteiger partial charge in [-0.1, -0.05) is 26.8 Å². The first-order chi connectivity index (χ1) is 12.7. The molecular weight excluding hydrogens is 356 g/mol. The SMILES string of the molecule is CC(C)(C)[Si](C)(C)OC[C@H]1[C@@H]2CCC(CO)=C[C@@H]2C[C@H]1OC1CCCCO1. The lowest BCUT2D eigenvalue weighted by Crippen LogP contribution is -2.44. The van der Waals surface area contributed by atoms with E-state index in [1.54, 1.807) is 0 Å². The first-order valence-electron chi connectivity index (χ1n) is 10.9. The Bertz CT molecular complexity index is 519. The Morgan fingerprint density at radius 3 is 2.63 bits per heavy atom. The second kappa shape index (κ2) is 8.66. The fraction of sp³-hybridized carbons (Fsp3) is 0.909. The van der Waals surface area contributed by atoms with Gasteiger partial charge in [-0.25, -0.2) is 0 Å². The van der Waals surface area contributed by atoms with Gasteiger partial charge >= 0.3 is 0 Å². The van der Waals surface area contributed by atoms with E-state index in [0.717, 1.165) is 45.3 Å². The predicted octanol–water partition coefficient (Wildman–Crippen LogP) is 4.88. The number of hydrogen-bond donors (Lipinski definition) is 1. The quantitative estimate of drug-likeness (QED) is 0.513. The van der Waals surface area contributed by atoms with E-state index in [9.17, 15) is 5.11 Å². The zero-order valence-corrected chi connectivity index (χ0v) is 19.0. The number of ether oxygens (including phenoxy) is 2. The predicted molar refractivity (Wildman–Crippen MR) is 111 cm³/mol. The van der Waals surface area contributed by atoms with Crippen LogP contribution in [-0.2, 0) is 13.9 Å². The molecule has 0 bridgehead atoms. The Morgan fingerprint density at radius 1 is 1.22 bits per heavy atom. The smallest absolute Gasteiger partial charge is 0.191 e. The average Bonchev–Trinajstić information content (AvgIpc) is 2.96. The van der Waals surface area contributed by atoms with Gasteiger partial charge in [0.25, 0.3) is 0 Å². The Labute approximate surface area is 166 Å². The lowest BCUT2D eigenvalue weighted by molar-refractivity contribution is -0.197. The highest BCUT2D eigenvalue weighted by molar-refractivity contribution is 6.74. The van der Waals surface area contributed by atoms with Crippen molar-refractivity contribution >= 4 is 8.32 Å². The Kier molecular flexibility index (Phi) is 6.90. The molecule has 1 saturated heterocycles. The molecular formula is C22H40O4Si. The first-order valence-corrected chi connectivity index (χ1v) is 13.8. The molecule has 0 spiro atoms. The van der Waals surface area contributed by atoms with Gasteiger partial charge in [0.1, 0.15) is 0 Å². The third kappa shape index (κ3) is 5.05. The highest BCUT2D eigenvalue weighted by atomic mass is 28.4. The maximum Gasteiger partial charge on any atom is 0.191 e. The molecule has 2 aliphatic carbocycles. The van der Waals surface area contributed by atoms with E-state index in [1.165, 1.54) is 12.0 Å². The molecule has 5 atom stereocenters. The van der Waals surface area contributed by atoms with Crippen molar-refractivity contribution in [2.75, 3.05) is 19.8 Å². The highest BCUT2D eigenvalue weighted by Crippen LogP contribution is 2.48. The normalized spacial score (nSPS) is 35.0. The molecule has 0 aromatic heterocycles. The number of aliphatic hydroxyl groups excluding tert-OH is 1. The number of allylic oxidation sites excluding steroid dienone is 1. The standard InChI is InChI=1S/C22H40O4Si/c1-22(2,3)27(4,5)25-15-19-18-10-9-16(14-23)12-17(18)13-20(19)26-21-8-6-7-11-24-21/h12,17-21,23H,6-11,13-15H2,1-5H3/t17-,18-,19+,20-,21?/m1/s1. The molecule has 1 unspecified atom stereocenters. The van der Waals surface area contributed by atoms with Crippen molar-refractivity contribution in [1.29, 1.82) is 0 Å². The van der Waals surface area contributed by atoms with Crippen molar-refractivity contribution in [1.82, 2.24) is 0 Å². The summed E-state index contributed by atoms with van der Waals surface area (Å²) < 4.78 is 19.0. The second-order valence-electron chi connectivity index (χ2n) is 10.3. The maximum absolute atomic E-state index is 9.56. The van der Waals surface area contributed by atoms with Crippen molar-refractivity contribution in [3.8, 4) is 0 Å². The van der Waals surface area contributed by atoms with Gasteiger partial charge in [0.05, 0.1) is 12.7 Å². The zero-order chi connectivity index (χ0) is 19.7. The number of fused-ring (bicyclic) bond motifs is 1. The van der Waals surface area contributed by atoms with Gasteiger partial charge in [-0.3, -0.25) is 0 Å². The van der Waals surface area contributed by atoms with Crippen LogP contribution in [0, 0.1) is 17.8 Å². The maximum atomic E-state index is 9.56. The molecule has 0 radical (unpaired) electrons. The number of hydrogen-bond acceptors (Lipinski definition) is 4. The van der Waals surface area contributed by atoms with Gasteiger partial charge < -0.3 is 19.0 Å². The minimum atomic E-state index is -1.77. The van der Waals surface area contributed by atoms with Crippen LogP contribution in [0.15, 0.2) is 11.6 Å². The monoisotopic (exact) mass is 396 g/mol. The van der Waals surface area contributed by atoms with E-state index in [0.29, 0.717) is 17.8 Å². The van der Waals surface area contributed by atoms with Gasteiger partial charge in [0.15, 0.2) is 14.6 Å². The molecule has 3 rings (SSSR count). The summed E-state index contributed by atoms with van der Waals surface area (Å²) in [6.45, 7) is 13.4. The molecule has 1 N–H and O–H groups in total. The molecule has 156 valence electrons. The minimum absolute atomic E-state index is 0.0411. The Hall–Kier alpha value is -0.203. The van der Waals surface area contributed by atoms with Gasteiger partial charge in [-0.2, -0.15) is 0 Å². The van der Waals surface area contributed by atoms with Crippen LogP contribution in [0.5, 0.6) is 0 Å². The lowest BCUT2D eigenvalue weighted by Gasteiger charge is -2.39. The highest BCUT2D eigenvalue weighted by Gasteiger charge is 2.47. The van der Waals surface area contributed by atoms with Gasteiger partial charge in [0, 0.05) is 19.1 Å². The van der Waals surface area contributed by atoms with Crippen LogP contribution >= 0.6 is 0 Å². The van der Waals surface area contributed by atoms with E-state index < -0.39 is 8.32 Å². The molecule has 0 aromatic carbocycles. The van der Waals surface area contributed by atoms with E-state index in [1.807, 2.05) is 0 Å². The summed E-state index contributed by atoms with van der Waals surface area (Å²) in [5, 5.41) is 9.79.